The highest BCUT2D eigenvalue weighted by Crippen LogP contribution is 2.34. The monoisotopic (exact) mass is 197 g/mol. The van der Waals surface area contributed by atoms with Crippen LogP contribution in [-0.2, 0) is 4.74 Å². The number of methoxy groups -OCH3 is 1. The lowest BCUT2D eigenvalue weighted by atomic mass is 9.85. The van der Waals surface area contributed by atoms with Gasteiger partial charge in [0.1, 0.15) is 0 Å². The number of carbonyl (C=O) groups is 1. The molecule has 1 aliphatic heterocycles. The molecule has 80 valence electrons. The zero-order valence-electron chi connectivity index (χ0n) is 9.63. The highest BCUT2D eigenvalue weighted by atomic mass is 16.5. The molecule has 0 fully saturated rings. The van der Waals surface area contributed by atoms with Crippen LogP contribution in [0.2, 0.25) is 0 Å². The first-order chi connectivity index (χ1) is 6.31. The molecule has 0 saturated carbocycles. The molecular formula is C11H19NO2. The lowest BCUT2D eigenvalue weighted by Crippen LogP contribution is -2.59. The van der Waals surface area contributed by atoms with Gasteiger partial charge < -0.3 is 4.74 Å². The van der Waals surface area contributed by atoms with Crippen LogP contribution in [0.5, 0.6) is 0 Å². The number of rotatable bonds is 0. The highest BCUT2D eigenvalue weighted by Gasteiger charge is 2.42. The van der Waals surface area contributed by atoms with Gasteiger partial charge in [-0.1, -0.05) is 12.2 Å². The zero-order valence-corrected chi connectivity index (χ0v) is 9.63. The summed E-state index contributed by atoms with van der Waals surface area (Å²) in [5.74, 6) is 0. The second-order valence-corrected chi connectivity index (χ2v) is 4.88. The van der Waals surface area contributed by atoms with Gasteiger partial charge >= 0.3 is 6.09 Å². The van der Waals surface area contributed by atoms with E-state index >= 15 is 0 Å². The van der Waals surface area contributed by atoms with Gasteiger partial charge in [-0.15, -0.1) is 0 Å². The van der Waals surface area contributed by atoms with E-state index in [0.717, 1.165) is 6.42 Å². The van der Waals surface area contributed by atoms with Gasteiger partial charge in [-0.05, 0) is 34.1 Å². The maximum Gasteiger partial charge on any atom is 0.410 e. The fourth-order valence-corrected chi connectivity index (χ4v) is 2.16. The molecule has 0 aliphatic carbocycles. The van der Waals surface area contributed by atoms with Gasteiger partial charge in [0, 0.05) is 5.54 Å². The third-order valence-corrected chi connectivity index (χ3v) is 2.68. The minimum atomic E-state index is -0.269. The maximum atomic E-state index is 11.7. The molecule has 0 radical (unpaired) electrons. The fourth-order valence-electron chi connectivity index (χ4n) is 2.16. The molecule has 1 aliphatic rings. The van der Waals surface area contributed by atoms with Gasteiger partial charge in [0.05, 0.1) is 12.6 Å². The number of amides is 1. The molecule has 0 N–H and O–H groups in total. The predicted octanol–water partition coefficient (Wildman–Crippen LogP) is 2.57. The first-order valence-electron chi connectivity index (χ1n) is 4.87. The third kappa shape index (κ3) is 1.76. The summed E-state index contributed by atoms with van der Waals surface area (Å²) in [6.07, 6.45) is 4.78. The number of ether oxygens (including phenoxy) is 1. The smallest absolute Gasteiger partial charge is 0.410 e. The van der Waals surface area contributed by atoms with Crippen molar-refractivity contribution in [2.45, 2.75) is 45.2 Å². The Morgan fingerprint density at radius 1 is 1.36 bits per heavy atom. The zero-order chi connectivity index (χ0) is 11.0. The van der Waals surface area contributed by atoms with Crippen LogP contribution in [0.15, 0.2) is 12.2 Å². The summed E-state index contributed by atoms with van der Waals surface area (Å²) >= 11 is 0. The molecular weight excluding hydrogens is 178 g/mol. The minimum Gasteiger partial charge on any atom is -0.453 e. The van der Waals surface area contributed by atoms with Crippen molar-refractivity contribution in [2.75, 3.05) is 7.11 Å². The third-order valence-electron chi connectivity index (χ3n) is 2.68. The maximum absolute atomic E-state index is 11.7. The van der Waals surface area contributed by atoms with Gasteiger partial charge in [-0.2, -0.15) is 0 Å². The topological polar surface area (TPSA) is 29.5 Å². The molecule has 3 nitrogen and oxygen atoms in total. The summed E-state index contributed by atoms with van der Waals surface area (Å²) in [5.41, 5.74) is -0.444. The Hall–Kier alpha value is -0.990. The SMILES string of the molecule is COC(=O)N1C(C)(C)C=CCC1(C)C. The van der Waals surface area contributed by atoms with E-state index in [9.17, 15) is 4.79 Å². The van der Waals surface area contributed by atoms with E-state index in [1.54, 1.807) is 4.90 Å². The Labute approximate surface area is 85.7 Å². The second kappa shape index (κ2) is 3.30. The van der Waals surface area contributed by atoms with Crippen LogP contribution in [0, 0.1) is 0 Å². The lowest BCUT2D eigenvalue weighted by Gasteiger charge is -2.48. The van der Waals surface area contributed by atoms with Crippen LogP contribution in [0.1, 0.15) is 34.1 Å². The average molecular weight is 197 g/mol. The summed E-state index contributed by atoms with van der Waals surface area (Å²) in [7, 11) is 1.42. The molecule has 1 rings (SSSR count). The van der Waals surface area contributed by atoms with E-state index in [1.807, 2.05) is 13.8 Å². The molecule has 14 heavy (non-hydrogen) atoms. The van der Waals surface area contributed by atoms with Crippen molar-refractivity contribution in [3.63, 3.8) is 0 Å². The minimum absolute atomic E-state index is 0.175. The number of carbonyl (C=O) groups excluding carboxylic acids is 1. The molecule has 1 heterocycles. The van der Waals surface area contributed by atoms with Crippen LogP contribution >= 0.6 is 0 Å². The first-order valence-corrected chi connectivity index (χ1v) is 4.87. The van der Waals surface area contributed by atoms with Crippen molar-refractivity contribution in [3.05, 3.63) is 12.2 Å². The summed E-state index contributed by atoms with van der Waals surface area (Å²) < 4.78 is 4.81. The Bertz CT molecular complexity index is 266. The lowest BCUT2D eigenvalue weighted by molar-refractivity contribution is 0.0290. The van der Waals surface area contributed by atoms with E-state index in [1.165, 1.54) is 7.11 Å². The largest absolute Gasteiger partial charge is 0.453 e. The Balaban J connectivity index is 3.07. The van der Waals surface area contributed by atoms with E-state index in [4.69, 9.17) is 4.74 Å². The standard InChI is InChI=1S/C11H19NO2/c1-10(2)7-6-8-11(3,4)12(10)9(13)14-5/h6-7H,8H2,1-5H3. The normalized spacial score (nSPS) is 23.4. The van der Waals surface area contributed by atoms with Crippen LogP contribution in [0.25, 0.3) is 0 Å². The van der Waals surface area contributed by atoms with Gasteiger partial charge in [0.25, 0.3) is 0 Å². The van der Waals surface area contributed by atoms with Crippen LogP contribution in [0.3, 0.4) is 0 Å². The van der Waals surface area contributed by atoms with Gasteiger partial charge in [0.15, 0.2) is 0 Å². The number of hydrogen-bond acceptors (Lipinski definition) is 2. The molecule has 3 heteroatoms. The molecule has 0 aromatic heterocycles. The summed E-state index contributed by atoms with van der Waals surface area (Å²) in [4.78, 5) is 13.5. The van der Waals surface area contributed by atoms with Crippen molar-refractivity contribution < 1.29 is 9.53 Å². The molecule has 0 atom stereocenters. The Morgan fingerprint density at radius 2 is 1.93 bits per heavy atom. The van der Waals surface area contributed by atoms with Crippen molar-refractivity contribution in [2.24, 2.45) is 0 Å². The van der Waals surface area contributed by atoms with Crippen molar-refractivity contribution in [1.82, 2.24) is 4.90 Å². The number of nitrogens with zero attached hydrogens (tertiary/aromatic N) is 1. The second-order valence-electron chi connectivity index (χ2n) is 4.88. The molecule has 0 aromatic carbocycles. The van der Waals surface area contributed by atoms with Crippen LogP contribution < -0.4 is 0 Å². The van der Waals surface area contributed by atoms with E-state index in [2.05, 4.69) is 26.0 Å². The van der Waals surface area contributed by atoms with Crippen molar-refractivity contribution in [3.8, 4) is 0 Å². The highest BCUT2D eigenvalue weighted by molar-refractivity contribution is 5.70. The molecule has 0 unspecified atom stereocenters. The van der Waals surface area contributed by atoms with E-state index in [-0.39, 0.29) is 17.2 Å². The molecule has 0 bridgehead atoms. The fraction of sp³-hybridized carbons (Fsp3) is 0.727. The van der Waals surface area contributed by atoms with Crippen LogP contribution in [0.4, 0.5) is 4.79 Å². The molecule has 0 aromatic rings. The van der Waals surface area contributed by atoms with Crippen LogP contribution in [-0.4, -0.2) is 29.2 Å². The van der Waals surface area contributed by atoms with Gasteiger partial charge in [0.2, 0.25) is 0 Å². The quantitative estimate of drug-likeness (QED) is 0.558. The van der Waals surface area contributed by atoms with Gasteiger partial charge in [-0.25, -0.2) is 4.79 Å². The summed E-state index contributed by atoms with van der Waals surface area (Å²) in [5, 5.41) is 0. The molecule has 0 spiro atoms. The van der Waals surface area contributed by atoms with E-state index < -0.39 is 0 Å². The van der Waals surface area contributed by atoms with E-state index in [0.29, 0.717) is 0 Å². The average Bonchev–Trinajstić information content (AvgIpc) is 2.00. The number of hydrogen-bond donors (Lipinski definition) is 0. The Kier molecular flexibility index (Phi) is 2.61. The summed E-state index contributed by atoms with van der Waals surface area (Å²) in [6.45, 7) is 8.13. The molecule has 1 amide bonds. The van der Waals surface area contributed by atoms with Crippen molar-refractivity contribution in [1.29, 1.82) is 0 Å². The Morgan fingerprint density at radius 3 is 2.36 bits per heavy atom. The first kappa shape index (κ1) is 11.1. The van der Waals surface area contributed by atoms with Gasteiger partial charge in [-0.3, -0.25) is 4.90 Å². The molecule has 0 saturated heterocycles. The van der Waals surface area contributed by atoms with Crippen molar-refractivity contribution >= 4 is 6.09 Å². The predicted molar refractivity (Wildman–Crippen MR) is 56.2 cm³/mol. The summed E-state index contributed by atoms with van der Waals surface area (Å²) in [6, 6.07) is 0.